The fraction of sp³-hybridized carbons (Fsp3) is 0.970. The molecule has 0 atom stereocenters. The van der Waals surface area contributed by atoms with Crippen LogP contribution in [0.1, 0.15) is 164 Å². The summed E-state index contributed by atoms with van der Waals surface area (Å²) in [5.41, 5.74) is 0. The number of rotatable bonds is 31. The summed E-state index contributed by atoms with van der Waals surface area (Å²) >= 11 is 1.67. The summed E-state index contributed by atoms with van der Waals surface area (Å²) in [6, 6.07) is 0.820. The van der Waals surface area contributed by atoms with E-state index in [4.69, 9.17) is 18.0 Å². The van der Waals surface area contributed by atoms with Crippen LogP contribution in [0.2, 0.25) is 6.04 Å². The van der Waals surface area contributed by atoms with Crippen LogP contribution in [0, 0.1) is 0 Å². The van der Waals surface area contributed by atoms with Crippen LogP contribution in [0.15, 0.2) is 0 Å². The van der Waals surface area contributed by atoms with Crippen LogP contribution in [0.25, 0.3) is 0 Å². The number of ether oxygens (including phenoxy) is 1. The van der Waals surface area contributed by atoms with Gasteiger partial charge in [-0.05, 0) is 52.2 Å². The third kappa shape index (κ3) is 22.5. The van der Waals surface area contributed by atoms with Gasteiger partial charge in [-0.1, -0.05) is 117 Å². The molecule has 0 fully saturated rings. The normalized spacial score (nSPS) is 12.2. The zero-order valence-corrected chi connectivity index (χ0v) is 29.4. The molecule has 0 unspecified atom stereocenters. The first kappa shape index (κ1) is 39.9. The lowest BCUT2D eigenvalue weighted by Gasteiger charge is -2.30. The highest BCUT2D eigenvalue weighted by Crippen LogP contribution is 2.29. The Labute approximate surface area is 255 Å². The molecule has 7 heteroatoms. The number of hydrogen-bond donors (Lipinski definition) is 0. The topological polar surface area (TPSA) is 54.0 Å². The monoisotopic (exact) mass is 604 g/mol. The van der Waals surface area contributed by atoms with E-state index in [0.717, 1.165) is 57.3 Å². The van der Waals surface area contributed by atoms with Crippen molar-refractivity contribution >= 4 is 26.5 Å². The molecule has 5 nitrogen and oxygen atoms in total. The number of esters is 1. The van der Waals surface area contributed by atoms with Gasteiger partial charge in [0.2, 0.25) is 0 Å². The van der Waals surface area contributed by atoms with Crippen molar-refractivity contribution in [2.24, 2.45) is 0 Å². The first-order valence-electron chi connectivity index (χ1n) is 17.1. The van der Waals surface area contributed by atoms with Crippen molar-refractivity contribution in [3.05, 3.63) is 0 Å². The van der Waals surface area contributed by atoms with Crippen molar-refractivity contribution in [3.8, 4) is 0 Å². The summed E-state index contributed by atoms with van der Waals surface area (Å²) in [6.07, 6.45) is 23.3. The average Bonchev–Trinajstić information content (AvgIpc) is 2.94. The van der Waals surface area contributed by atoms with Crippen LogP contribution in [0.3, 0.4) is 0 Å². The predicted molar refractivity (Wildman–Crippen MR) is 176 cm³/mol. The van der Waals surface area contributed by atoms with Crippen molar-refractivity contribution in [2.75, 3.05) is 32.2 Å². The Morgan fingerprint density at radius 2 is 0.950 bits per heavy atom. The largest absolute Gasteiger partial charge is 0.500 e. The molecule has 0 aromatic rings. The third-order valence-corrected chi connectivity index (χ3v) is 11.6. The van der Waals surface area contributed by atoms with Gasteiger partial charge in [-0.25, -0.2) is 0 Å². The van der Waals surface area contributed by atoms with Gasteiger partial charge in [-0.2, -0.15) is 0 Å². The fourth-order valence-corrected chi connectivity index (χ4v) is 8.54. The molecule has 0 spiro atoms. The maximum atomic E-state index is 12.4. The predicted octanol–water partition coefficient (Wildman–Crippen LogP) is 10.5. The Morgan fingerprint density at radius 1 is 0.575 bits per heavy atom. The molecule has 0 aromatic heterocycles. The quantitative estimate of drug-likeness (QED) is 0.0446. The lowest BCUT2D eigenvalue weighted by molar-refractivity contribution is -0.145. The molecule has 0 rings (SSSR count). The summed E-state index contributed by atoms with van der Waals surface area (Å²) in [7, 11) is -2.79. The van der Waals surface area contributed by atoms with Crippen LogP contribution in [-0.4, -0.2) is 51.7 Å². The first-order valence-corrected chi connectivity index (χ1v) is 20.0. The molecule has 0 aromatic carbocycles. The lowest BCUT2D eigenvalue weighted by atomic mass is 10.1. The van der Waals surface area contributed by atoms with Gasteiger partial charge < -0.3 is 18.0 Å². The van der Waals surface area contributed by atoms with E-state index in [1.165, 1.54) is 96.3 Å². The number of unbranched alkanes of at least 4 members (excludes halogenated alkanes) is 15. The van der Waals surface area contributed by atoms with Crippen molar-refractivity contribution in [3.63, 3.8) is 0 Å². The molecule has 0 saturated carbocycles. The Bertz CT molecular complexity index is 515. The van der Waals surface area contributed by atoms with Gasteiger partial charge in [0.25, 0.3) is 0 Å². The minimum Gasteiger partial charge on any atom is -0.465 e. The van der Waals surface area contributed by atoms with E-state index in [1.807, 2.05) is 20.8 Å². The van der Waals surface area contributed by atoms with Crippen LogP contribution < -0.4 is 0 Å². The van der Waals surface area contributed by atoms with Crippen molar-refractivity contribution < 1.29 is 22.8 Å². The highest BCUT2D eigenvalue weighted by Gasteiger charge is 2.41. The van der Waals surface area contributed by atoms with Crippen molar-refractivity contribution in [1.29, 1.82) is 0 Å². The molecule has 0 saturated heterocycles. The van der Waals surface area contributed by atoms with E-state index >= 15 is 0 Å². The molecule has 0 N–H and O–H groups in total. The van der Waals surface area contributed by atoms with E-state index in [1.54, 1.807) is 11.8 Å². The Hall–Kier alpha value is -0.0831. The van der Waals surface area contributed by atoms with Gasteiger partial charge in [0.1, 0.15) is 4.75 Å². The zero-order chi connectivity index (χ0) is 29.8. The number of carbonyl (C=O) groups is 1. The van der Waals surface area contributed by atoms with E-state index in [0.29, 0.717) is 6.61 Å². The minimum atomic E-state index is -2.79. The summed E-state index contributed by atoms with van der Waals surface area (Å²) in [4.78, 5) is 12.4. The van der Waals surface area contributed by atoms with E-state index in [-0.39, 0.29) is 5.97 Å². The molecular formula is C33H68O5SSi. The Balaban J connectivity index is 5.10. The maximum absolute atomic E-state index is 12.4. The van der Waals surface area contributed by atoms with Gasteiger partial charge in [-0.15, -0.1) is 11.8 Å². The molecule has 0 aliphatic heterocycles. The standard InChI is InChI=1S/C33H68O5SSi/c1-7-11-14-17-20-23-27-36-40(37-28-24-21-18-15-12-8-2,38-29-25-22-19-16-13-9-3)31-26-30-39-33(5,6)32(34)35-10-4/h7-31H2,1-6H3. The number of hydrogen-bond acceptors (Lipinski definition) is 6. The summed E-state index contributed by atoms with van der Waals surface area (Å²) < 4.78 is 24.7. The highest BCUT2D eigenvalue weighted by atomic mass is 32.2. The molecule has 0 amide bonds. The first-order chi connectivity index (χ1) is 19.4. The fourth-order valence-electron chi connectivity index (χ4n) is 4.65. The second kappa shape index (κ2) is 27.7. The molecule has 0 radical (unpaired) electrons. The molecule has 0 bridgehead atoms. The third-order valence-electron chi connectivity index (χ3n) is 7.32. The van der Waals surface area contributed by atoms with E-state index in [2.05, 4.69) is 20.8 Å². The molecule has 0 heterocycles. The Morgan fingerprint density at radius 3 is 1.32 bits per heavy atom. The van der Waals surface area contributed by atoms with Crippen LogP contribution in [-0.2, 0) is 22.8 Å². The molecule has 0 aliphatic rings. The number of carbonyl (C=O) groups excluding carboxylic acids is 1. The molecule has 240 valence electrons. The van der Waals surface area contributed by atoms with Gasteiger partial charge in [0.05, 0.1) is 6.61 Å². The SMILES string of the molecule is CCCCCCCCO[Si](CCCSC(C)(C)C(=O)OCC)(OCCCCCCCC)OCCCCCCCC. The molecular weight excluding hydrogens is 537 g/mol. The number of thioether (sulfide) groups is 1. The van der Waals surface area contributed by atoms with Crippen molar-refractivity contribution in [2.45, 2.75) is 174 Å². The minimum absolute atomic E-state index is 0.138. The lowest BCUT2D eigenvalue weighted by Crippen LogP contribution is -2.47. The van der Waals surface area contributed by atoms with E-state index in [9.17, 15) is 4.79 Å². The summed E-state index contributed by atoms with van der Waals surface area (Å²) in [6.45, 7) is 15.2. The van der Waals surface area contributed by atoms with Crippen LogP contribution >= 0.6 is 11.8 Å². The van der Waals surface area contributed by atoms with Crippen molar-refractivity contribution in [1.82, 2.24) is 0 Å². The van der Waals surface area contributed by atoms with Gasteiger partial charge in [0, 0.05) is 25.9 Å². The van der Waals surface area contributed by atoms with E-state index < -0.39 is 13.6 Å². The summed E-state index contributed by atoms with van der Waals surface area (Å²) in [5.74, 6) is 0.725. The van der Waals surface area contributed by atoms with Gasteiger partial charge in [0.15, 0.2) is 0 Å². The second-order valence-corrected chi connectivity index (χ2v) is 16.2. The second-order valence-electron chi connectivity index (χ2n) is 11.7. The van der Waals surface area contributed by atoms with Crippen LogP contribution in [0.5, 0.6) is 0 Å². The zero-order valence-electron chi connectivity index (χ0n) is 27.6. The Kier molecular flexibility index (Phi) is 27.7. The van der Waals surface area contributed by atoms with Gasteiger partial charge in [-0.3, -0.25) is 4.79 Å². The van der Waals surface area contributed by atoms with Gasteiger partial charge >= 0.3 is 14.8 Å². The molecule has 40 heavy (non-hydrogen) atoms. The smallest absolute Gasteiger partial charge is 0.465 e. The average molecular weight is 605 g/mol. The highest BCUT2D eigenvalue weighted by molar-refractivity contribution is 8.01. The molecule has 0 aliphatic carbocycles. The van der Waals surface area contributed by atoms with Crippen LogP contribution in [0.4, 0.5) is 0 Å². The summed E-state index contributed by atoms with van der Waals surface area (Å²) in [5, 5.41) is 0. The maximum Gasteiger partial charge on any atom is 0.500 e.